The summed E-state index contributed by atoms with van der Waals surface area (Å²) in [6.45, 7) is 3.94. The van der Waals surface area contributed by atoms with E-state index in [4.69, 9.17) is 4.74 Å². The number of aryl methyl sites for hydroxylation is 2. The number of benzene rings is 2. The molecule has 3 rings (SSSR count). The average molecular weight is 374 g/mol. The van der Waals surface area contributed by atoms with Crippen LogP contribution in [0.15, 0.2) is 40.9 Å². The summed E-state index contributed by atoms with van der Waals surface area (Å²) in [6, 6.07) is 11.2. The molecular weight excluding hydrogens is 358 g/mol. The summed E-state index contributed by atoms with van der Waals surface area (Å²) >= 11 is 3.38. The lowest BCUT2D eigenvalue weighted by atomic mass is 9.98. The second kappa shape index (κ2) is 6.16. The van der Waals surface area contributed by atoms with Crippen LogP contribution < -0.4 is 5.32 Å². The Morgan fingerprint density at radius 3 is 2.57 bits per heavy atom. The lowest BCUT2D eigenvalue weighted by molar-refractivity contribution is -0.125. The van der Waals surface area contributed by atoms with Gasteiger partial charge in [0.1, 0.15) is 0 Å². The Morgan fingerprint density at radius 2 is 1.87 bits per heavy atom. The van der Waals surface area contributed by atoms with E-state index >= 15 is 0 Å². The minimum Gasteiger partial charge on any atom is -0.448 e. The fourth-order valence-electron chi connectivity index (χ4n) is 2.78. The van der Waals surface area contributed by atoms with Crippen LogP contribution in [0.5, 0.6) is 0 Å². The maximum atomic E-state index is 12.4. The zero-order valence-corrected chi connectivity index (χ0v) is 14.4. The number of esters is 1. The molecule has 1 atom stereocenters. The molecule has 0 saturated carbocycles. The number of fused-ring (bicyclic) bond motifs is 1. The normalized spacial score (nSPS) is 16.5. The quantitative estimate of drug-likeness (QED) is 0.814. The first kappa shape index (κ1) is 15.7. The molecule has 0 radical (unpaired) electrons. The number of nitrogens with one attached hydrogen (secondary N) is 1. The molecular formula is C18H16BrNO3. The highest BCUT2D eigenvalue weighted by Gasteiger charge is 2.31. The van der Waals surface area contributed by atoms with Crippen molar-refractivity contribution in [3.63, 3.8) is 0 Å². The average Bonchev–Trinajstić information content (AvgIpc) is 2.45. The van der Waals surface area contributed by atoms with E-state index in [-0.39, 0.29) is 5.91 Å². The zero-order valence-electron chi connectivity index (χ0n) is 12.9. The van der Waals surface area contributed by atoms with E-state index in [9.17, 15) is 9.59 Å². The smallest absolute Gasteiger partial charge is 0.339 e. The molecule has 0 spiro atoms. The molecule has 0 bridgehead atoms. The van der Waals surface area contributed by atoms with Crippen molar-refractivity contribution in [2.24, 2.45) is 0 Å². The van der Waals surface area contributed by atoms with E-state index in [1.54, 1.807) is 12.1 Å². The molecule has 23 heavy (non-hydrogen) atoms. The van der Waals surface area contributed by atoms with Crippen LogP contribution in [0, 0.1) is 13.8 Å². The summed E-state index contributed by atoms with van der Waals surface area (Å²) in [5.74, 6) is -0.770. The highest BCUT2D eigenvalue weighted by atomic mass is 79.9. The highest BCUT2D eigenvalue weighted by molar-refractivity contribution is 9.10. The summed E-state index contributed by atoms with van der Waals surface area (Å²) in [6.07, 6.45) is -0.443. The zero-order chi connectivity index (χ0) is 16.6. The molecule has 0 fully saturated rings. The third kappa shape index (κ3) is 3.45. The Bertz CT molecular complexity index is 781. The number of halogens is 1. The molecule has 1 aliphatic rings. The van der Waals surface area contributed by atoms with Gasteiger partial charge in [-0.25, -0.2) is 4.79 Å². The molecule has 1 aliphatic heterocycles. The van der Waals surface area contributed by atoms with E-state index in [2.05, 4.69) is 21.2 Å². The molecule has 1 unspecified atom stereocenters. The number of ether oxygens (including phenoxy) is 1. The van der Waals surface area contributed by atoms with Crippen molar-refractivity contribution in [2.45, 2.75) is 26.4 Å². The van der Waals surface area contributed by atoms with Gasteiger partial charge in [-0.1, -0.05) is 22.0 Å². The lowest BCUT2D eigenvalue weighted by Crippen LogP contribution is -2.38. The Kier molecular flexibility index (Phi) is 4.22. The van der Waals surface area contributed by atoms with Gasteiger partial charge in [0.2, 0.25) is 0 Å². The molecule has 4 nitrogen and oxygen atoms in total. The first-order valence-corrected chi connectivity index (χ1v) is 8.10. The summed E-state index contributed by atoms with van der Waals surface area (Å²) in [5, 5.41) is 2.83. The molecule has 5 heteroatoms. The number of hydrogen-bond acceptors (Lipinski definition) is 3. The highest BCUT2D eigenvalue weighted by Crippen LogP contribution is 2.25. The number of carbonyl (C=O) groups is 2. The van der Waals surface area contributed by atoms with Crippen molar-refractivity contribution in [3.8, 4) is 0 Å². The Morgan fingerprint density at radius 1 is 1.17 bits per heavy atom. The van der Waals surface area contributed by atoms with Crippen molar-refractivity contribution in [1.29, 1.82) is 0 Å². The standard InChI is InChI=1S/C18H16BrNO3/c1-10-5-11(2)7-14(6-10)20-17(21)16-9-12-8-13(19)3-4-15(12)18(22)23-16/h3-8,16H,9H2,1-2H3,(H,20,21). The molecule has 2 aromatic rings. The number of amides is 1. The Hall–Kier alpha value is -2.14. The molecule has 1 N–H and O–H groups in total. The second-order valence-electron chi connectivity index (χ2n) is 5.77. The molecule has 0 aliphatic carbocycles. The van der Waals surface area contributed by atoms with Gasteiger partial charge in [-0.3, -0.25) is 4.79 Å². The maximum Gasteiger partial charge on any atom is 0.339 e. The van der Waals surface area contributed by atoms with Crippen LogP contribution in [-0.2, 0) is 16.0 Å². The Labute approximate surface area is 143 Å². The van der Waals surface area contributed by atoms with Crippen LogP contribution in [0.4, 0.5) is 5.69 Å². The number of hydrogen-bond donors (Lipinski definition) is 1. The van der Waals surface area contributed by atoms with E-state index in [1.807, 2.05) is 38.1 Å². The second-order valence-corrected chi connectivity index (χ2v) is 6.68. The van der Waals surface area contributed by atoms with E-state index < -0.39 is 12.1 Å². The minimum atomic E-state index is -0.815. The lowest BCUT2D eigenvalue weighted by Gasteiger charge is -2.24. The predicted octanol–water partition coefficient (Wildman–Crippen LogP) is 3.79. The van der Waals surface area contributed by atoms with Crippen molar-refractivity contribution >= 4 is 33.5 Å². The van der Waals surface area contributed by atoms with Crippen molar-refractivity contribution in [2.75, 3.05) is 5.32 Å². The van der Waals surface area contributed by atoms with Gasteiger partial charge in [-0.2, -0.15) is 0 Å². The molecule has 0 saturated heterocycles. The number of anilines is 1. The molecule has 1 amide bonds. The molecule has 118 valence electrons. The van der Waals surface area contributed by atoms with Crippen LogP contribution >= 0.6 is 15.9 Å². The first-order valence-electron chi connectivity index (χ1n) is 7.31. The number of rotatable bonds is 2. The van der Waals surface area contributed by atoms with Gasteiger partial charge in [-0.05, 0) is 60.9 Å². The van der Waals surface area contributed by atoms with Crippen molar-refractivity contribution in [1.82, 2.24) is 0 Å². The van der Waals surface area contributed by atoms with E-state index in [1.165, 1.54) is 0 Å². The molecule has 2 aromatic carbocycles. The minimum absolute atomic E-state index is 0.311. The van der Waals surface area contributed by atoms with Gasteiger partial charge in [0.15, 0.2) is 6.10 Å². The summed E-state index contributed by atoms with van der Waals surface area (Å²) < 4.78 is 6.16. The van der Waals surface area contributed by atoms with Crippen molar-refractivity contribution < 1.29 is 14.3 Å². The fraction of sp³-hybridized carbons (Fsp3) is 0.222. The first-order chi connectivity index (χ1) is 10.9. The van der Waals surface area contributed by atoms with Gasteiger partial charge >= 0.3 is 5.97 Å². The summed E-state index contributed by atoms with van der Waals surface area (Å²) in [5.41, 5.74) is 4.17. The third-order valence-electron chi connectivity index (χ3n) is 3.72. The largest absolute Gasteiger partial charge is 0.448 e. The van der Waals surface area contributed by atoms with Crippen LogP contribution in [-0.4, -0.2) is 18.0 Å². The fourth-order valence-corrected chi connectivity index (χ4v) is 3.19. The van der Waals surface area contributed by atoms with Crippen LogP contribution in [0.3, 0.4) is 0 Å². The monoisotopic (exact) mass is 373 g/mol. The number of carbonyl (C=O) groups excluding carboxylic acids is 2. The van der Waals surface area contributed by atoms with Gasteiger partial charge in [-0.15, -0.1) is 0 Å². The van der Waals surface area contributed by atoms with Gasteiger partial charge < -0.3 is 10.1 Å². The summed E-state index contributed by atoms with van der Waals surface area (Å²) in [4.78, 5) is 24.5. The number of cyclic esters (lactones) is 1. The van der Waals surface area contributed by atoms with Crippen LogP contribution in [0.25, 0.3) is 0 Å². The van der Waals surface area contributed by atoms with E-state index in [0.717, 1.165) is 21.2 Å². The topological polar surface area (TPSA) is 55.4 Å². The van der Waals surface area contributed by atoms with Crippen molar-refractivity contribution in [3.05, 3.63) is 63.1 Å². The maximum absolute atomic E-state index is 12.4. The Balaban J connectivity index is 1.80. The molecule has 0 aromatic heterocycles. The van der Waals surface area contributed by atoms with Gasteiger partial charge in [0.25, 0.3) is 5.91 Å². The predicted molar refractivity (Wildman–Crippen MR) is 91.6 cm³/mol. The van der Waals surface area contributed by atoms with Crippen LogP contribution in [0.1, 0.15) is 27.0 Å². The van der Waals surface area contributed by atoms with E-state index in [0.29, 0.717) is 17.7 Å². The van der Waals surface area contributed by atoms with Gasteiger partial charge in [0, 0.05) is 16.6 Å². The third-order valence-corrected chi connectivity index (χ3v) is 4.22. The SMILES string of the molecule is Cc1cc(C)cc(NC(=O)C2Cc3cc(Br)ccc3C(=O)O2)c1. The van der Waals surface area contributed by atoms with Crippen LogP contribution in [0.2, 0.25) is 0 Å². The summed E-state index contributed by atoms with van der Waals surface area (Å²) in [7, 11) is 0. The molecule has 1 heterocycles. The van der Waals surface area contributed by atoms with Gasteiger partial charge in [0.05, 0.1) is 5.56 Å².